The number of hydrogen-bond donors (Lipinski definition) is 1. The second-order valence-electron chi connectivity index (χ2n) is 4.09. The Morgan fingerprint density at radius 3 is 2.71 bits per heavy atom. The number of nitrogens with two attached hydrogens (primary N) is 1. The maximum absolute atomic E-state index is 5.83. The SMILES string of the molecule is CCSCc1cn(CC)c2c(CN)cccc12. The third-order valence-corrected chi connectivity index (χ3v) is 4.01. The van der Waals surface area contributed by atoms with Gasteiger partial charge in [0.1, 0.15) is 0 Å². The average molecular weight is 248 g/mol. The first-order valence-electron chi connectivity index (χ1n) is 6.19. The molecule has 2 rings (SSSR count). The lowest BCUT2D eigenvalue weighted by Crippen LogP contribution is -2.00. The summed E-state index contributed by atoms with van der Waals surface area (Å²) in [6, 6.07) is 6.46. The summed E-state index contributed by atoms with van der Waals surface area (Å²) in [6.45, 7) is 6.00. The molecule has 2 N–H and O–H groups in total. The van der Waals surface area contributed by atoms with E-state index in [2.05, 4.69) is 42.8 Å². The first kappa shape index (κ1) is 12.5. The minimum atomic E-state index is 0.613. The summed E-state index contributed by atoms with van der Waals surface area (Å²) in [5.41, 5.74) is 9.84. The Bertz CT molecular complexity index is 502. The standard InChI is InChI=1S/C14H20N2S/c1-3-16-9-12(10-17-4-2)13-7-5-6-11(8-15)14(13)16/h5-7,9H,3-4,8,10,15H2,1-2H3. The molecule has 0 aliphatic heterocycles. The number of thioether (sulfide) groups is 1. The van der Waals surface area contributed by atoms with E-state index in [-0.39, 0.29) is 0 Å². The smallest absolute Gasteiger partial charge is 0.0528 e. The zero-order chi connectivity index (χ0) is 12.3. The Morgan fingerprint density at radius 2 is 2.06 bits per heavy atom. The normalized spacial score (nSPS) is 11.2. The van der Waals surface area contributed by atoms with Gasteiger partial charge < -0.3 is 10.3 Å². The first-order chi connectivity index (χ1) is 8.31. The molecular weight excluding hydrogens is 228 g/mol. The van der Waals surface area contributed by atoms with Gasteiger partial charge in [0.15, 0.2) is 0 Å². The highest BCUT2D eigenvalue weighted by atomic mass is 32.2. The van der Waals surface area contributed by atoms with E-state index in [1.54, 1.807) is 0 Å². The van der Waals surface area contributed by atoms with Crippen molar-refractivity contribution in [1.82, 2.24) is 4.57 Å². The van der Waals surface area contributed by atoms with Crippen LogP contribution < -0.4 is 5.73 Å². The van der Waals surface area contributed by atoms with E-state index in [1.165, 1.54) is 22.0 Å². The molecule has 0 amide bonds. The highest BCUT2D eigenvalue weighted by Crippen LogP contribution is 2.27. The van der Waals surface area contributed by atoms with Crippen LogP contribution in [0.1, 0.15) is 25.0 Å². The average Bonchev–Trinajstić information content (AvgIpc) is 2.74. The van der Waals surface area contributed by atoms with Crippen molar-refractivity contribution < 1.29 is 0 Å². The fourth-order valence-corrected chi connectivity index (χ4v) is 2.91. The van der Waals surface area contributed by atoms with Gasteiger partial charge >= 0.3 is 0 Å². The molecule has 92 valence electrons. The topological polar surface area (TPSA) is 30.9 Å². The molecule has 17 heavy (non-hydrogen) atoms. The highest BCUT2D eigenvalue weighted by molar-refractivity contribution is 7.98. The molecule has 3 heteroatoms. The summed E-state index contributed by atoms with van der Waals surface area (Å²) in [4.78, 5) is 0. The lowest BCUT2D eigenvalue weighted by atomic mass is 10.1. The number of hydrogen-bond acceptors (Lipinski definition) is 2. The van der Waals surface area contributed by atoms with Gasteiger partial charge in [-0.05, 0) is 23.8 Å². The van der Waals surface area contributed by atoms with Crippen LogP contribution >= 0.6 is 11.8 Å². The predicted molar refractivity (Wildman–Crippen MR) is 77.3 cm³/mol. The van der Waals surface area contributed by atoms with Crippen LogP contribution in [0.15, 0.2) is 24.4 Å². The number of aryl methyl sites for hydroxylation is 1. The predicted octanol–water partition coefficient (Wildman–Crippen LogP) is 3.37. The third-order valence-electron chi connectivity index (χ3n) is 3.09. The summed E-state index contributed by atoms with van der Waals surface area (Å²) in [5, 5.41) is 1.37. The Hall–Kier alpha value is -0.930. The van der Waals surface area contributed by atoms with Crippen LogP contribution in [0.3, 0.4) is 0 Å². The molecule has 2 nitrogen and oxygen atoms in total. The summed E-state index contributed by atoms with van der Waals surface area (Å²) in [6.07, 6.45) is 2.28. The molecule has 1 heterocycles. The van der Waals surface area contributed by atoms with Gasteiger partial charge in [-0.2, -0.15) is 11.8 Å². The Balaban J connectivity index is 2.55. The van der Waals surface area contributed by atoms with Gasteiger partial charge in [0, 0.05) is 30.4 Å². The fourth-order valence-electron chi connectivity index (χ4n) is 2.25. The maximum atomic E-state index is 5.83. The zero-order valence-corrected chi connectivity index (χ0v) is 11.4. The number of benzene rings is 1. The van der Waals surface area contributed by atoms with Crippen LogP contribution in [0.25, 0.3) is 10.9 Å². The number of rotatable bonds is 5. The van der Waals surface area contributed by atoms with Gasteiger partial charge in [0.2, 0.25) is 0 Å². The molecule has 0 aliphatic carbocycles. The molecule has 0 saturated carbocycles. The van der Waals surface area contributed by atoms with Gasteiger partial charge in [-0.3, -0.25) is 0 Å². The largest absolute Gasteiger partial charge is 0.347 e. The highest BCUT2D eigenvalue weighted by Gasteiger charge is 2.10. The van der Waals surface area contributed by atoms with Crippen LogP contribution in [0, 0.1) is 0 Å². The van der Waals surface area contributed by atoms with Gasteiger partial charge in [0.05, 0.1) is 5.52 Å². The maximum Gasteiger partial charge on any atom is 0.0528 e. The van der Waals surface area contributed by atoms with Crippen molar-refractivity contribution >= 4 is 22.7 Å². The second-order valence-corrected chi connectivity index (χ2v) is 5.37. The number of nitrogens with zero attached hydrogens (tertiary/aromatic N) is 1. The van der Waals surface area contributed by atoms with E-state index in [9.17, 15) is 0 Å². The quantitative estimate of drug-likeness (QED) is 0.879. The molecule has 0 saturated heterocycles. The second kappa shape index (κ2) is 5.61. The van der Waals surface area contributed by atoms with E-state index in [0.29, 0.717) is 6.54 Å². The monoisotopic (exact) mass is 248 g/mol. The van der Waals surface area contributed by atoms with Crippen molar-refractivity contribution in [3.05, 3.63) is 35.5 Å². The van der Waals surface area contributed by atoms with Crippen LogP contribution in [-0.2, 0) is 18.8 Å². The lowest BCUT2D eigenvalue weighted by molar-refractivity contribution is 0.790. The molecule has 1 aromatic carbocycles. The Kier molecular flexibility index (Phi) is 4.13. The molecule has 0 spiro atoms. The number of aromatic nitrogens is 1. The molecule has 0 radical (unpaired) electrons. The van der Waals surface area contributed by atoms with Crippen LogP contribution in [0.5, 0.6) is 0 Å². The minimum absolute atomic E-state index is 0.613. The number of fused-ring (bicyclic) bond motifs is 1. The van der Waals surface area contributed by atoms with Gasteiger partial charge in [0.25, 0.3) is 0 Å². The molecule has 0 atom stereocenters. The molecule has 2 aromatic rings. The van der Waals surface area contributed by atoms with E-state index in [4.69, 9.17) is 5.73 Å². The fraction of sp³-hybridized carbons (Fsp3) is 0.429. The molecule has 1 aromatic heterocycles. The van der Waals surface area contributed by atoms with E-state index >= 15 is 0 Å². The summed E-state index contributed by atoms with van der Waals surface area (Å²) < 4.78 is 2.32. The van der Waals surface area contributed by atoms with E-state index in [0.717, 1.165) is 18.1 Å². The van der Waals surface area contributed by atoms with Gasteiger partial charge in [-0.25, -0.2) is 0 Å². The van der Waals surface area contributed by atoms with Crippen molar-refractivity contribution in [3.8, 4) is 0 Å². The summed E-state index contributed by atoms with van der Waals surface area (Å²) in [5.74, 6) is 2.25. The lowest BCUT2D eigenvalue weighted by Gasteiger charge is -2.05. The van der Waals surface area contributed by atoms with Crippen molar-refractivity contribution in [2.24, 2.45) is 5.73 Å². The first-order valence-corrected chi connectivity index (χ1v) is 7.34. The van der Waals surface area contributed by atoms with E-state index in [1.807, 2.05) is 11.8 Å². The third kappa shape index (κ3) is 2.35. The van der Waals surface area contributed by atoms with Crippen LogP contribution in [-0.4, -0.2) is 10.3 Å². The molecule has 0 aliphatic rings. The van der Waals surface area contributed by atoms with Crippen molar-refractivity contribution in [2.75, 3.05) is 5.75 Å². The number of para-hydroxylation sites is 1. The zero-order valence-electron chi connectivity index (χ0n) is 10.6. The van der Waals surface area contributed by atoms with Crippen LogP contribution in [0.4, 0.5) is 0 Å². The van der Waals surface area contributed by atoms with Crippen LogP contribution in [0.2, 0.25) is 0 Å². The van der Waals surface area contributed by atoms with Crippen molar-refractivity contribution in [2.45, 2.75) is 32.7 Å². The molecular formula is C14H20N2S. The van der Waals surface area contributed by atoms with E-state index < -0.39 is 0 Å². The molecule has 0 unspecified atom stereocenters. The minimum Gasteiger partial charge on any atom is -0.347 e. The van der Waals surface area contributed by atoms with Gasteiger partial charge in [-0.1, -0.05) is 25.1 Å². The summed E-state index contributed by atoms with van der Waals surface area (Å²) >= 11 is 1.97. The summed E-state index contributed by atoms with van der Waals surface area (Å²) in [7, 11) is 0. The van der Waals surface area contributed by atoms with Gasteiger partial charge in [-0.15, -0.1) is 0 Å². The Labute approximate surface area is 107 Å². The molecule has 0 bridgehead atoms. The van der Waals surface area contributed by atoms with Crippen molar-refractivity contribution in [1.29, 1.82) is 0 Å². The molecule has 0 fully saturated rings. The Morgan fingerprint density at radius 1 is 1.24 bits per heavy atom. The van der Waals surface area contributed by atoms with Crippen molar-refractivity contribution in [3.63, 3.8) is 0 Å².